The van der Waals surface area contributed by atoms with E-state index >= 15 is 0 Å². The third kappa shape index (κ3) is 3.39. The predicted octanol–water partition coefficient (Wildman–Crippen LogP) is 11.6. The Morgan fingerprint density at radius 2 is 1.05 bits per heavy atom. The summed E-state index contributed by atoms with van der Waals surface area (Å²) in [7, 11) is 0. The van der Waals surface area contributed by atoms with Crippen LogP contribution in [0.1, 0.15) is 0 Å². The van der Waals surface area contributed by atoms with Crippen molar-refractivity contribution in [3.63, 3.8) is 0 Å². The Kier molecular flexibility index (Phi) is 4.93. The lowest BCUT2D eigenvalue weighted by Gasteiger charge is -2.28. The predicted molar refractivity (Wildman–Crippen MR) is 178 cm³/mol. The zero-order valence-electron chi connectivity index (χ0n) is 22.8. The molecule has 0 saturated carbocycles. The van der Waals surface area contributed by atoms with Gasteiger partial charge in [0.1, 0.15) is 11.2 Å². The standard InChI is InChI=1S/C40H25NO/c1-2-10-30(11-3-1)41(36-25-21-29-17-16-27-8-6-9-28-20-24-35(36)39(29)38(27)28)31-22-18-26(19-23-31)32-13-7-14-34-33-12-4-5-15-37(33)42-40(32)34/h1-25H. The van der Waals surface area contributed by atoms with Gasteiger partial charge in [0.15, 0.2) is 0 Å². The highest BCUT2D eigenvalue weighted by Gasteiger charge is 2.19. The zero-order valence-corrected chi connectivity index (χ0v) is 22.8. The topological polar surface area (TPSA) is 16.4 Å². The molecule has 1 aromatic heterocycles. The molecule has 42 heavy (non-hydrogen) atoms. The lowest BCUT2D eigenvalue weighted by molar-refractivity contribution is 0.670. The molecular formula is C40H25NO. The summed E-state index contributed by atoms with van der Waals surface area (Å²) in [4.78, 5) is 2.37. The molecule has 0 aliphatic heterocycles. The summed E-state index contributed by atoms with van der Waals surface area (Å²) >= 11 is 0. The first kappa shape index (κ1) is 23.1. The highest BCUT2D eigenvalue weighted by atomic mass is 16.3. The van der Waals surface area contributed by atoms with E-state index < -0.39 is 0 Å². The smallest absolute Gasteiger partial charge is 0.143 e. The van der Waals surface area contributed by atoms with Crippen molar-refractivity contribution >= 4 is 71.3 Å². The summed E-state index contributed by atoms with van der Waals surface area (Å²) < 4.78 is 6.35. The Balaban J connectivity index is 1.23. The zero-order chi connectivity index (χ0) is 27.6. The van der Waals surface area contributed by atoms with Crippen LogP contribution in [0.25, 0.3) is 65.4 Å². The van der Waals surface area contributed by atoms with Crippen molar-refractivity contribution in [2.24, 2.45) is 0 Å². The van der Waals surface area contributed by atoms with Gasteiger partial charge in [-0.1, -0.05) is 115 Å². The van der Waals surface area contributed by atoms with Crippen molar-refractivity contribution in [2.75, 3.05) is 4.90 Å². The quantitative estimate of drug-likeness (QED) is 0.208. The fourth-order valence-corrected chi connectivity index (χ4v) is 6.68. The maximum absolute atomic E-state index is 6.35. The van der Waals surface area contributed by atoms with Crippen LogP contribution in [0.15, 0.2) is 156 Å². The number of hydrogen-bond donors (Lipinski definition) is 0. The van der Waals surface area contributed by atoms with Gasteiger partial charge in [-0.2, -0.15) is 0 Å². The van der Waals surface area contributed by atoms with E-state index in [9.17, 15) is 0 Å². The first-order valence-electron chi connectivity index (χ1n) is 14.4. The highest BCUT2D eigenvalue weighted by Crippen LogP contribution is 2.44. The molecule has 2 nitrogen and oxygen atoms in total. The number of anilines is 3. The van der Waals surface area contributed by atoms with Crippen LogP contribution >= 0.6 is 0 Å². The van der Waals surface area contributed by atoms with Crippen molar-refractivity contribution in [1.82, 2.24) is 0 Å². The van der Waals surface area contributed by atoms with E-state index in [-0.39, 0.29) is 0 Å². The Bertz CT molecular complexity index is 2380. The van der Waals surface area contributed by atoms with E-state index in [1.807, 2.05) is 12.1 Å². The summed E-state index contributed by atoms with van der Waals surface area (Å²) in [6.07, 6.45) is 0. The SMILES string of the molecule is c1ccc(N(c2ccc(-c3cccc4c3oc3ccccc34)cc2)c2ccc3ccc4cccc5ccc2c3c45)cc1. The van der Waals surface area contributed by atoms with Crippen LogP contribution in [-0.4, -0.2) is 0 Å². The highest BCUT2D eigenvalue weighted by molar-refractivity contribution is 6.25. The second-order valence-corrected chi connectivity index (χ2v) is 10.9. The summed E-state index contributed by atoms with van der Waals surface area (Å²) in [5, 5.41) is 10.0. The van der Waals surface area contributed by atoms with Gasteiger partial charge in [0.05, 0.1) is 5.69 Å². The van der Waals surface area contributed by atoms with Gasteiger partial charge in [0, 0.05) is 33.1 Å². The fourth-order valence-electron chi connectivity index (χ4n) is 6.68. The molecule has 0 aliphatic carbocycles. The van der Waals surface area contributed by atoms with Crippen LogP contribution < -0.4 is 4.90 Å². The van der Waals surface area contributed by atoms with Crippen molar-refractivity contribution in [2.45, 2.75) is 0 Å². The Morgan fingerprint density at radius 1 is 0.405 bits per heavy atom. The van der Waals surface area contributed by atoms with Crippen LogP contribution in [-0.2, 0) is 0 Å². The van der Waals surface area contributed by atoms with Crippen molar-refractivity contribution in [1.29, 1.82) is 0 Å². The number of nitrogens with zero attached hydrogens (tertiary/aromatic N) is 1. The molecule has 0 N–H and O–H groups in total. The minimum atomic E-state index is 0.917. The molecule has 196 valence electrons. The van der Waals surface area contributed by atoms with E-state index in [4.69, 9.17) is 4.42 Å². The molecule has 9 aromatic rings. The number of furan rings is 1. The van der Waals surface area contributed by atoms with Crippen molar-refractivity contribution < 1.29 is 4.42 Å². The maximum Gasteiger partial charge on any atom is 0.143 e. The van der Waals surface area contributed by atoms with Crippen LogP contribution in [0.2, 0.25) is 0 Å². The molecule has 0 atom stereocenters. The molecule has 2 heteroatoms. The molecule has 9 rings (SSSR count). The third-order valence-corrected chi connectivity index (χ3v) is 8.60. The van der Waals surface area contributed by atoms with Gasteiger partial charge in [-0.25, -0.2) is 0 Å². The Hall–Kier alpha value is -5.60. The van der Waals surface area contributed by atoms with Gasteiger partial charge in [-0.05, 0) is 68.9 Å². The van der Waals surface area contributed by atoms with Crippen LogP contribution in [0.3, 0.4) is 0 Å². The lowest BCUT2D eigenvalue weighted by atomic mass is 9.93. The molecular weight excluding hydrogens is 510 g/mol. The van der Waals surface area contributed by atoms with Gasteiger partial charge in [0.2, 0.25) is 0 Å². The van der Waals surface area contributed by atoms with Gasteiger partial charge in [0.25, 0.3) is 0 Å². The third-order valence-electron chi connectivity index (χ3n) is 8.60. The number of hydrogen-bond acceptors (Lipinski definition) is 2. The monoisotopic (exact) mass is 535 g/mol. The van der Waals surface area contributed by atoms with E-state index in [1.165, 1.54) is 38.0 Å². The maximum atomic E-state index is 6.35. The number of rotatable bonds is 4. The van der Waals surface area contributed by atoms with Gasteiger partial charge in [-0.15, -0.1) is 0 Å². The average Bonchev–Trinajstić information content (AvgIpc) is 3.44. The average molecular weight is 536 g/mol. The van der Waals surface area contributed by atoms with Crippen molar-refractivity contribution in [3.8, 4) is 11.1 Å². The second kappa shape index (κ2) is 8.95. The summed E-state index contributed by atoms with van der Waals surface area (Å²) in [6.45, 7) is 0. The van der Waals surface area contributed by atoms with E-state index in [2.05, 4.69) is 144 Å². The molecule has 0 amide bonds. The van der Waals surface area contributed by atoms with Crippen molar-refractivity contribution in [3.05, 3.63) is 152 Å². The lowest BCUT2D eigenvalue weighted by Crippen LogP contribution is -2.10. The number of para-hydroxylation sites is 3. The summed E-state index contributed by atoms with van der Waals surface area (Å²) in [5.41, 5.74) is 7.48. The molecule has 1 heterocycles. The van der Waals surface area contributed by atoms with Gasteiger partial charge < -0.3 is 9.32 Å². The fraction of sp³-hybridized carbons (Fsp3) is 0. The molecule has 0 radical (unpaired) electrons. The van der Waals surface area contributed by atoms with Gasteiger partial charge >= 0.3 is 0 Å². The molecule has 0 bridgehead atoms. The summed E-state index contributed by atoms with van der Waals surface area (Å²) in [5.74, 6) is 0. The van der Waals surface area contributed by atoms with Crippen LogP contribution in [0.5, 0.6) is 0 Å². The molecule has 0 saturated heterocycles. The Labute approximate surface area is 243 Å². The molecule has 0 aliphatic rings. The first-order chi connectivity index (χ1) is 20.8. The van der Waals surface area contributed by atoms with E-state index in [0.717, 1.165) is 44.4 Å². The van der Waals surface area contributed by atoms with E-state index in [1.54, 1.807) is 0 Å². The molecule has 0 spiro atoms. The number of benzene rings is 8. The van der Waals surface area contributed by atoms with Crippen LogP contribution in [0.4, 0.5) is 17.1 Å². The minimum absolute atomic E-state index is 0.917. The number of fused-ring (bicyclic) bond motifs is 3. The molecule has 0 fully saturated rings. The first-order valence-corrected chi connectivity index (χ1v) is 14.4. The summed E-state index contributed by atoms with van der Waals surface area (Å²) in [6, 6.07) is 54.3. The normalized spacial score (nSPS) is 11.8. The molecule has 8 aromatic carbocycles. The largest absolute Gasteiger partial charge is 0.455 e. The molecule has 0 unspecified atom stereocenters. The second-order valence-electron chi connectivity index (χ2n) is 10.9. The van der Waals surface area contributed by atoms with E-state index in [0.29, 0.717) is 0 Å². The van der Waals surface area contributed by atoms with Crippen LogP contribution in [0, 0.1) is 0 Å². The van der Waals surface area contributed by atoms with Gasteiger partial charge in [-0.3, -0.25) is 0 Å². The minimum Gasteiger partial charge on any atom is -0.455 e. The Morgan fingerprint density at radius 3 is 1.88 bits per heavy atom.